The molecule has 0 aliphatic rings. The minimum Gasteiger partial charge on any atom is -0.319 e. The molecule has 21 heavy (non-hydrogen) atoms. The van der Waals surface area contributed by atoms with Crippen molar-refractivity contribution in [2.75, 3.05) is 5.32 Å². The van der Waals surface area contributed by atoms with Crippen LogP contribution < -0.4 is 5.32 Å². The van der Waals surface area contributed by atoms with Crippen LogP contribution in [0.15, 0.2) is 36.4 Å². The summed E-state index contributed by atoms with van der Waals surface area (Å²) in [6.07, 6.45) is 0. The van der Waals surface area contributed by atoms with E-state index in [0.717, 1.165) is 24.3 Å². The maximum atomic E-state index is 13.4. The molecule has 0 aliphatic heterocycles. The topological polar surface area (TPSA) is 72.2 Å². The smallest absolute Gasteiger partial charge is 0.288 e. The van der Waals surface area contributed by atoms with Gasteiger partial charge in [0.15, 0.2) is 0 Å². The Morgan fingerprint density at radius 1 is 1.19 bits per heavy atom. The minimum atomic E-state index is -0.826. The second kappa shape index (κ2) is 5.84. The number of benzene rings is 2. The number of amides is 1. The molecule has 1 N–H and O–H groups in total. The van der Waals surface area contributed by atoms with Crippen molar-refractivity contribution in [3.8, 4) is 0 Å². The normalized spacial score (nSPS) is 10.2. The largest absolute Gasteiger partial charge is 0.319 e. The predicted molar refractivity (Wildman–Crippen MR) is 72.4 cm³/mol. The number of halogens is 3. The molecule has 8 heteroatoms. The molecular weight excluding hydrogens is 306 g/mol. The summed E-state index contributed by atoms with van der Waals surface area (Å²) in [5.74, 6) is -2.37. The molecule has 108 valence electrons. The van der Waals surface area contributed by atoms with Crippen LogP contribution in [0.25, 0.3) is 0 Å². The first-order valence-electron chi connectivity index (χ1n) is 5.59. The van der Waals surface area contributed by atoms with Gasteiger partial charge < -0.3 is 5.32 Å². The maximum Gasteiger partial charge on any atom is 0.288 e. The molecule has 1 amide bonds. The number of carbonyl (C=O) groups excluding carboxylic acids is 1. The lowest BCUT2D eigenvalue weighted by molar-refractivity contribution is -0.384. The van der Waals surface area contributed by atoms with Crippen molar-refractivity contribution in [3.63, 3.8) is 0 Å². The third-order valence-electron chi connectivity index (χ3n) is 2.58. The van der Waals surface area contributed by atoms with Gasteiger partial charge in [-0.15, -0.1) is 0 Å². The number of nitrogens with zero attached hydrogens (tertiary/aromatic N) is 1. The second-order valence-corrected chi connectivity index (χ2v) is 4.41. The Labute approximate surface area is 122 Å². The highest BCUT2D eigenvalue weighted by atomic mass is 35.5. The van der Waals surface area contributed by atoms with Crippen molar-refractivity contribution >= 4 is 28.9 Å². The summed E-state index contributed by atoms with van der Waals surface area (Å²) in [6.45, 7) is 0. The molecule has 0 fully saturated rings. The molecule has 2 rings (SSSR count). The number of anilines is 1. The highest BCUT2D eigenvalue weighted by Gasteiger charge is 2.17. The van der Waals surface area contributed by atoms with Gasteiger partial charge in [0.05, 0.1) is 10.6 Å². The van der Waals surface area contributed by atoms with E-state index in [-0.39, 0.29) is 16.3 Å². The Morgan fingerprint density at radius 2 is 1.90 bits per heavy atom. The standard InChI is InChI=1S/C13H7ClF2N2O3/c14-9-3-1-7(5-12(9)18(20)21)13(19)17-11-6-8(15)2-4-10(11)16/h1-6H,(H,17,19). The van der Waals surface area contributed by atoms with Gasteiger partial charge in [0.25, 0.3) is 11.6 Å². The summed E-state index contributed by atoms with van der Waals surface area (Å²) in [5, 5.41) is 12.7. The summed E-state index contributed by atoms with van der Waals surface area (Å²) in [4.78, 5) is 21.9. The van der Waals surface area contributed by atoms with Gasteiger partial charge in [-0.05, 0) is 24.3 Å². The molecule has 0 saturated heterocycles. The zero-order valence-corrected chi connectivity index (χ0v) is 11.0. The van der Waals surface area contributed by atoms with E-state index in [9.17, 15) is 23.7 Å². The first-order valence-corrected chi connectivity index (χ1v) is 5.96. The Morgan fingerprint density at radius 3 is 2.57 bits per heavy atom. The molecular formula is C13H7ClF2N2O3. The van der Waals surface area contributed by atoms with Gasteiger partial charge in [0, 0.05) is 17.7 Å². The van der Waals surface area contributed by atoms with Crippen LogP contribution in [-0.2, 0) is 0 Å². The molecule has 2 aromatic carbocycles. The van der Waals surface area contributed by atoms with Crippen LogP contribution in [0.2, 0.25) is 5.02 Å². The number of nitro groups is 1. The average molecular weight is 313 g/mol. The van der Waals surface area contributed by atoms with Crippen molar-refractivity contribution < 1.29 is 18.5 Å². The zero-order valence-electron chi connectivity index (χ0n) is 10.3. The monoisotopic (exact) mass is 312 g/mol. The molecule has 0 unspecified atom stereocenters. The fraction of sp³-hybridized carbons (Fsp3) is 0. The molecule has 0 saturated carbocycles. The first-order chi connectivity index (χ1) is 9.88. The van der Waals surface area contributed by atoms with Gasteiger partial charge in [-0.1, -0.05) is 11.6 Å². The molecule has 0 atom stereocenters. The second-order valence-electron chi connectivity index (χ2n) is 4.00. The van der Waals surface area contributed by atoms with E-state index in [1.165, 1.54) is 12.1 Å². The van der Waals surface area contributed by atoms with E-state index < -0.39 is 28.2 Å². The Balaban J connectivity index is 2.30. The van der Waals surface area contributed by atoms with Crippen molar-refractivity contribution in [1.82, 2.24) is 0 Å². The maximum absolute atomic E-state index is 13.4. The van der Waals surface area contributed by atoms with Crippen LogP contribution in [0.5, 0.6) is 0 Å². The molecule has 0 radical (unpaired) electrons. The fourth-order valence-electron chi connectivity index (χ4n) is 1.58. The summed E-state index contributed by atoms with van der Waals surface area (Å²) in [5.41, 5.74) is -0.920. The molecule has 0 heterocycles. The van der Waals surface area contributed by atoms with Crippen molar-refractivity contribution in [2.24, 2.45) is 0 Å². The molecule has 5 nitrogen and oxygen atoms in total. The van der Waals surface area contributed by atoms with Crippen molar-refractivity contribution in [1.29, 1.82) is 0 Å². The van der Waals surface area contributed by atoms with Crippen molar-refractivity contribution in [2.45, 2.75) is 0 Å². The van der Waals surface area contributed by atoms with Crippen molar-refractivity contribution in [3.05, 3.63) is 68.7 Å². The average Bonchev–Trinajstić information content (AvgIpc) is 2.43. The number of hydrogen-bond acceptors (Lipinski definition) is 3. The summed E-state index contributed by atoms with van der Waals surface area (Å²) in [6, 6.07) is 5.93. The Bertz CT molecular complexity index is 737. The lowest BCUT2D eigenvalue weighted by Crippen LogP contribution is -2.13. The van der Waals surface area contributed by atoms with Crippen LogP contribution in [-0.4, -0.2) is 10.8 Å². The van der Waals surface area contributed by atoms with E-state index in [4.69, 9.17) is 11.6 Å². The molecule has 2 aromatic rings. The molecule has 0 bridgehead atoms. The van der Waals surface area contributed by atoms with Crippen LogP contribution in [0.1, 0.15) is 10.4 Å². The van der Waals surface area contributed by atoms with Gasteiger partial charge in [0.2, 0.25) is 0 Å². The molecule has 0 aliphatic carbocycles. The van der Waals surface area contributed by atoms with E-state index in [1.54, 1.807) is 0 Å². The van der Waals surface area contributed by atoms with E-state index >= 15 is 0 Å². The highest BCUT2D eigenvalue weighted by Crippen LogP contribution is 2.25. The van der Waals surface area contributed by atoms with E-state index in [1.807, 2.05) is 0 Å². The van der Waals surface area contributed by atoms with Crippen LogP contribution >= 0.6 is 11.6 Å². The number of carbonyl (C=O) groups is 1. The van der Waals surface area contributed by atoms with Gasteiger partial charge in [-0.3, -0.25) is 14.9 Å². The van der Waals surface area contributed by atoms with Gasteiger partial charge in [-0.25, -0.2) is 8.78 Å². The minimum absolute atomic E-state index is 0.102. The van der Waals surface area contributed by atoms with Crippen LogP contribution in [0.3, 0.4) is 0 Å². The Hall–Kier alpha value is -2.54. The molecule has 0 aromatic heterocycles. The van der Waals surface area contributed by atoms with Crippen LogP contribution in [0, 0.1) is 21.7 Å². The van der Waals surface area contributed by atoms with Gasteiger partial charge >= 0.3 is 0 Å². The Kier molecular flexibility index (Phi) is 4.13. The lowest BCUT2D eigenvalue weighted by Gasteiger charge is -2.07. The number of nitrogens with one attached hydrogen (secondary N) is 1. The SMILES string of the molecule is O=C(Nc1cc(F)ccc1F)c1ccc(Cl)c([N+](=O)[O-])c1. The summed E-state index contributed by atoms with van der Waals surface area (Å²) in [7, 11) is 0. The van der Waals surface area contributed by atoms with Gasteiger partial charge in [-0.2, -0.15) is 0 Å². The fourth-order valence-corrected chi connectivity index (χ4v) is 1.77. The third-order valence-corrected chi connectivity index (χ3v) is 2.90. The quantitative estimate of drug-likeness (QED) is 0.692. The van der Waals surface area contributed by atoms with Gasteiger partial charge in [0.1, 0.15) is 16.7 Å². The van der Waals surface area contributed by atoms with E-state index in [0.29, 0.717) is 0 Å². The summed E-state index contributed by atoms with van der Waals surface area (Å²) < 4.78 is 26.4. The predicted octanol–water partition coefficient (Wildman–Crippen LogP) is 3.78. The van der Waals surface area contributed by atoms with E-state index in [2.05, 4.69) is 5.32 Å². The molecule has 0 spiro atoms. The lowest BCUT2D eigenvalue weighted by atomic mass is 10.2. The number of rotatable bonds is 3. The first kappa shape index (κ1) is 14.9. The van der Waals surface area contributed by atoms with Crippen LogP contribution in [0.4, 0.5) is 20.2 Å². The number of nitro benzene ring substituents is 1. The number of hydrogen-bond donors (Lipinski definition) is 1. The summed E-state index contributed by atoms with van der Waals surface area (Å²) >= 11 is 5.62. The highest BCUT2D eigenvalue weighted by molar-refractivity contribution is 6.32. The zero-order chi connectivity index (χ0) is 15.6. The third kappa shape index (κ3) is 3.32.